The fourth-order valence-electron chi connectivity index (χ4n) is 1.57. The van der Waals surface area contributed by atoms with E-state index < -0.39 is 11.8 Å². The van der Waals surface area contributed by atoms with Crippen LogP contribution in [0.5, 0.6) is 0 Å². The minimum atomic E-state index is -1.18. The van der Waals surface area contributed by atoms with E-state index in [9.17, 15) is 9.18 Å². The minimum absolute atomic E-state index is 0.117. The molecule has 2 N–H and O–H groups in total. The largest absolute Gasteiger partial charge is 0.478 e. The molecule has 2 aromatic rings. The number of benzene rings is 2. The fourth-order valence-corrected chi connectivity index (χ4v) is 1.57. The minimum Gasteiger partial charge on any atom is -0.478 e. The second-order valence-corrected chi connectivity index (χ2v) is 3.82. The number of nitrogens with zero attached hydrogens (tertiary/aromatic N) is 1. The molecule has 0 unspecified atom stereocenters. The molecule has 0 atom stereocenters. The molecular formula is C14H9FN2O2. The second-order valence-electron chi connectivity index (χ2n) is 3.82. The lowest BCUT2D eigenvalue weighted by atomic mass is 10.1. The highest BCUT2D eigenvalue weighted by molar-refractivity contribution is 5.88. The lowest BCUT2D eigenvalue weighted by molar-refractivity contribution is 0.0696. The van der Waals surface area contributed by atoms with E-state index in [1.807, 2.05) is 6.07 Å². The van der Waals surface area contributed by atoms with Crippen molar-refractivity contribution in [2.75, 3.05) is 5.32 Å². The Balaban J connectivity index is 2.28. The van der Waals surface area contributed by atoms with Crippen LogP contribution in [-0.2, 0) is 0 Å². The van der Waals surface area contributed by atoms with Crippen LogP contribution in [0.3, 0.4) is 0 Å². The topological polar surface area (TPSA) is 73.1 Å². The number of carbonyl (C=O) groups is 1. The van der Waals surface area contributed by atoms with Gasteiger partial charge in [-0.15, -0.1) is 0 Å². The Morgan fingerprint density at radius 2 is 2.05 bits per heavy atom. The highest BCUT2D eigenvalue weighted by Gasteiger charge is 2.08. The van der Waals surface area contributed by atoms with Crippen LogP contribution in [-0.4, -0.2) is 11.1 Å². The standard InChI is InChI=1S/C14H9FN2O2/c15-12-7-10(14(18)19)4-5-13(12)17-11-3-1-2-9(6-11)8-16/h1-7,17H,(H,18,19). The summed E-state index contributed by atoms with van der Waals surface area (Å²) in [5, 5.41) is 20.3. The smallest absolute Gasteiger partial charge is 0.335 e. The first-order valence-corrected chi connectivity index (χ1v) is 5.40. The SMILES string of the molecule is N#Cc1cccc(Nc2ccc(C(=O)O)cc2F)c1. The molecule has 0 saturated heterocycles. The predicted octanol–water partition coefficient (Wildman–Crippen LogP) is 3.14. The van der Waals surface area contributed by atoms with Crippen LogP contribution < -0.4 is 5.32 Å². The molecule has 2 rings (SSSR count). The van der Waals surface area contributed by atoms with Crippen molar-refractivity contribution in [2.45, 2.75) is 0 Å². The number of aromatic carboxylic acids is 1. The van der Waals surface area contributed by atoms with Gasteiger partial charge in [0.15, 0.2) is 0 Å². The van der Waals surface area contributed by atoms with Gasteiger partial charge in [-0.1, -0.05) is 6.07 Å². The van der Waals surface area contributed by atoms with E-state index >= 15 is 0 Å². The first-order chi connectivity index (χ1) is 9.10. The van der Waals surface area contributed by atoms with E-state index in [-0.39, 0.29) is 11.3 Å². The first-order valence-electron chi connectivity index (χ1n) is 5.40. The summed E-state index contributed by atoms with van der Waals surface area (Å²) in [5.41, 5.74) is 1.04. The van der Waals surface area contributed by atoms with Crippen molar-refractivity contribution < 1.29 is 14.3 Å². The Bertz CT molecular complexity index is 677. The van der Waals surface area contributed by atoms with Gasteiger partial charge in [0.05, 0.1) is 22.9 Å². The maximum absolute atomic E-state index is 13.7. The van der Waals surface area contributed by atoms with Crippen LogP contribution >= 0.6 is 0 Å². The Hall–Kier alpha value is -2.87. The Labute approximate surface area is 108 Å². The molecule has 0 heterocycles. The number of hydrogen-bond donors (Lipinski definition) is 2. The van der Waals surface area contributed by atoms with Gasteiger partial charge in [0, 0.05) is 5.69 Å². The van der Waals surface area contributed by atoms with Gasteiger partial charge in [-0.3, -0.25) is 0 Å². The number of carboxylic acid groups (broad SMARTS) is 1. The second kappa shape index (κ2) is 5.19. The lowest BCUT2D eigenvalue weighted by Crippen LogP contribution is -2.00. The summed E-state index contributed by atoms with van der Waals surface area (Å²) >= 11 is 0. The Morgan fingerprint density at radius 3 is 2.68 bits per heavy atom. The molecule has 94 valence electrons. The molecule has 0 aliphatic heterocycles. The molecule has 0 fully saturated rings. The average molecular weight is 256 g/mol. The van der Waals surface area contributed by atoms with Gasteiger partial charge >= 0.3 is 5.97 Å². The van der Waals surface area contributed by atoms with Crippen LogP contribution in [0.25, 0.3) is 0 Å². The van der Waals surface area contributed by atoms with Gasteiger partial charge in [-0.05, 0) is 36.4 Å². The van der Waals surface area contributed by atoms with Crippen LogP contribution in [0.4, 0.5) is 15.8 Å². The van der Waals surface area contributed by atoms with Crippen molar-refractivity contribution in [2.24, 2.45) is 0 Å². The molecule has 4 nitrogen and oxygen atoms in total. The number of carboxylic acids is 1. The zero-order chi connectivity index (χ0) is 13.8. The van der Waals surface area contributed by atoms with Crippen LogP contribution in [0.2, 0.25) is 0 Å². The molecule has 2 aromatic carbocycles. The average Bonchev–Trinajstić information content (AvgIpc) is 2.41. The summed E-state index contributed by atoms with van der Waals surface area (Å²) in [6.45, 7) is 0. The van der Waals surface area contributed by atoms with Crippen molar-refractivity contribution in [3.8, 4) is 6.07 Å². The summed E-state index contributed by atoms with van der Waals surface area (Å²) in [6, 6.07) is 12.1. The first kappa shape index (κ1) is 12.6. The highest BCUT2D eigenvalue weighted by Crippen LogP contribution is 2.21. The van der Waals surface area contributed by atoms with E-state index in [2.05, 4.69) is 5.32 Å². The number of hydrogen-bond acceptors (Lipinski definition) is 3. The number of nitriles is 1. The molecule has 0 amide bonds. The molecule has 0 radical (unpaired) electrons. The summed E-state index contributed by atoms with van der Waals surface area (Å²) in [5.74, 6) is -1.85. The predicted molar refractivity (Wildman–Crippen MR) is 67.8 cm³/mol. The van der Waals surface area contributed by atoms with E-state index in [1.54, 1.807) is 24.3 Å². The van der Waals surface area contributed by atoms with Crippen LogP contribution in [0, 0.1) is 17.1 Å². The third-order valence-corrected chi connectivity index (χ3v) is 2.49. The number of anilines is 2. The molecule has 0 aliphatic carbocycles. The third-order valence-electron chi connectivity index (χ3n) is 2.49. The van der Waals surface area contributed by atoms with Crippen molar-refractivity contribution in [1.82, 2.24) is 0 Å². The van der Waals surface area contributed by atoms with Gasteiger partial charge in [-0.25, -0.2) is 9.18 Å². The van der Waals surface area contributed by atoms with E-state index in [4.69, 9.17) is 10.4 Å². The van der Waals surface area contributed by atoms with E-state index in [0.29, 0.717) is 11.3 Å². The van der Waals surface area contributed by atoms with Crippen LogP contribution in [0.1, 0.15) is 15.9 Å². The number of halogens is 1. The summed E-state index contributed by atoms with van der Waals surface area (Å²) in [7, 11) is 0. The van der Waals surface area contributed by atoms with Gasteiger partial charge in [0.25, 0.3) is 0 Å². The number of nitrogens with one attached hydrogen (secondary N) is 1. The normalized spacial score (nSPS) is 9.68. The maximum atomic E-state index is 13.7. The van der Waals surface area contributed by atoms with Crippen molar-refractivity contribution in [1.29, 1.82) is 5.26 Å². The fraction of sp³-hybridized carbons (Fsp3) is 0. The van der Waals surface area contributed by atoms with Gasteiger partial charge in [0.2, 0.25) is 0 Å². The van der Waals surface area contributed by atoms with E-state index in [0.717, 1.165) is 6.07 Å². The molecule has 0 bridgehead atoms. The third kappa shape index (κ3) is 2.87. The molecule has 0 spiro atoms. The highest BCUT2D eigenvalue weighted by atomic mass is 19.1. The van der Waals surface area contributed by atoms with Crippen molar-refractivity contribution in [3.05, 3.63) is 59.4 Å². The summed E-state index contributed by atoms with van der Waals surface area (Å²) < 4.78 is 13.7. The van der Waals surface area contributed by atoms with Gasteiger partial charge in [0.1, 0.15) is 5.82 Å². The Morgan fingerprint density at radius 1 is 1.26 bits per heavy atom. The number of rotatable bonds is 3. The van der Waals surface area contributed by atoms with E-state index in [1.165, 1.54) is 12.1 Å². The van der Waals surface area contributed by atoms with Gasteiger partial charge in [-0.2, -0.15) is 5.26 Å². The zero-order valence-corrected chi connectivity index (χ0v) is 9.72. The van der Waals surface area contributed by atoms with Gasteiger partial charge < -0.3 is 10.4 Å². The molecule has 0 saturated carbocycles. The quantitative estimate of drug-likeness (QED) is 0.884. The summed E-state index contributed by atoms with van der Waals surface area (Å²) in [6.07, 6.45) is 0. The summed E-state index contributed by atoms with van der Waals surface area (Å²) in [4.78, 5) is 10.7. The molecule has 5 heteroatoms. The molecule has 0 aromatic heterocycles. The van der Waals surface area contributed by atoms with Crippen molar-refractivity contribution >= 4 is 17.3 Å². The molecule has 0 aliphatic rings. The van der Waals surface area contributed by atoms with Crippen LogP contribution in [0.15, 0.2) is 42.5 Å². The molecule has 19 heavy (non-hydrogen) atoms. The molecular weight excluding hydrogens is 247 g/mol. The zero-order valence-electron chi connectivity index (χ0n) is 9.72. The maximum Gasteiger partial charge on any atom is 0.335 e. The Kier molecular flexibility index (Phi) is 3.44. The lowest BCUT2D eigenvalue weighted by Gasteiger charge is -2.08. The monoisotopic (exact) mass is 256 g/mol. The van der Waals surface area contributed by atoms with Crippen molar-refractivity contribution in [3.63, 3.8) is 0 Å².